The molecule has 0 saturated carbocycles. The molecule has 19 heavy (non-hydrogen) atoms. The second kappa shape index (κ2) is 4.55. The molecule has 1 saturated heterocycles. The van der Waals surface area contributed by atoms with Crippen molar-refractivity contribution in [3.05, 3.63) is 33.1 Å². The maximum absolute atomic E-state index is 14.2. The zero-order valence-electron chi connectivity index (χ0n) is 10.3. The van der Waals surface area contributed by atoms with Gasteiger partial charge < -0.3 is 14.9 Å². The van der Waals surface area contributed by atoms with Gasteiger partial charge in [0.05, 0.1) is 13.0 Å². The van der Waals surface area contributed by atoms with Gasteiger partial charge in [-0.3, -0.25) is 14.3 Å². The van der Waals surface area contributed by atoms with Crippen LogP contribution in [0.4, 0.5) is 4.39 Å². The van der Waals surface area contributed by atoms with Gasteiger partial charge in [-0.15, -0.1) is 0 Å². The molecular weight excluding hydrogens is 259 g/mol. The number of aromatic amines is 1. The minimum absolute atomic E-state index is 0.0328. The van der Waals surface area contributed by atoms with Crippen molar-refractivity contribution in [1.82, 2.24) is 9.55 Å². The van der Waals surface area contributed by atoms with E-state index in [1.54, 1.807) is 6.92 Å². The number of nitrogens with zero attached hydrogens (tertiary/aromatic N) is 1. The molecule has 0 radical (unpaired) electrons. The summed E-state index contributed by atoms with van der Waals surface area (Å²) in [7, 11) is 0. The number of H-pyrrole nitrogens is 1. The molecule has 106 valence electrons. The first-order chi connectivity index (χ1) is 8.85. The largest absolute Gasteiger partial charge is 0.393 e. The van der Waals surface area contributed by atoms with Gasteiger partial charge in [-0.05, 0) is 6.42 Å². The number of hydrogen-bond donors (Lipinski definition) is 3. The molecule has 0 bridgehead atoms. The molecule has 3 N–H and O–H groups in total. The zero-order chi connectivity index (χ0) is 14.3. The predicted octanol–water partition coefficient (Wildman–Crippen LogP) is -0.745. The van der Waals surface area contributed by atoms with Gasteiger partial charge in [-0.25, -0.2) is 9.18 Å². The Bertz CT molecular complexity index is 575. The Hall–Kier alpha value is -1.51. The number of aromatic nitrogens is 2. The Kier molecular flexibility index (Phi) is 3.33. The molecule has 1 fully saturated rings. The normalized spacial score (nSPS) is 34.6. The SMILES string of the molecule is CC[C@]1(CO)O[C@@H](n2ccc(=O)[nH]c2=O)C[C@@]1(O)F. The van der Waals surface area contributed by atoms with Crippen LogP contribution in [0.5, 0.6) is 0 Å². The van der Waals surface area contributed by atoms with Crippen LogP contribution in [0, 0.1) is 0 Å². The molecule has 0 unspecified atom stereocenters. The first-order valence-corrected chi connectivity index (χ1v) is 5.86. The van der Waals surface area contributed by atoms with Gasteiger partial charge in [0.1, 0.15) is 6.23 Å². The molecule has 0 spiro atoms. The van der Waals surface area contributed by atoms with Crippen molar-refractivity contribution in [3.8, 4) is 0 Å². The van der Waals surface area contributed by atoms with E-state index in [0.717, 1.165) is 16.8 Å². The van der Waals surface area contributed by atoms with Gasteiger partial charge >= 0.3 is 5.69 Å². The Morgan fingerprint density at radius 1 is 1.63 bits per heavy atom. The van der Waals surface area contributed by atoms with Crippen molar-refractivity contribution in [1.29, 1.82) is 0 Å². The highest BCUT2D eigenvalue weighted by Crippen LogP contribution is 2.46. The van der Waals surface area contributed by atoms with Crippen LogP contribution >= 0.6 is 0 Å². The topological polar surface area (TPSA) is 105 Å². The number of ether oxygens (including phenoxy) is 1. The summed E-state index contributed by atoms with van der Waals surface area (Å²) >= 11 is 0. The average Bonchev–Trinajstić information content (AvgIpc) is 2.60. The number of rotatable bonds is 3. The second-order valence-electron chi connectivity index (χ2n) is 4.56. The standard InChI is InChI=1S/C11H15FN2O5/c1-2-10(6-15)11(12,18)5-8(19-10)14-4-3-7(16)13-9(14)17/h3-4,8,15,18H,2,5-6H2,1H3,(H,13,16,17)/t8-,10-,11+/m1/s1. The molecule has 7 nitrogen and oxygen atoms in total. The highest BCUT2D eigenvalue weighted by Gasteiger charge is 2.59. The molecule has 1 aromatic rings. The van der Waals surface area contributed by atoms with E-state index in [4.69, 9.17) is 4.74 Å². The third-order valence-electron chi connectivity index (χ3n) is 3.49. The third kappa shape index (κ3) is 2.11. The van der Waals surface area contributed by atoms with Gasteiger partial charge in [0.2, 0.25) is 5.85 Å². The van der Waals surface area contributed by atoms with Crippen LogP contribution in [0.15, 0.2) is 21.9 Å². The van der Waals surface area contributed by atoms with E-state index in [9.17, 15) is 24.2 Å². The van der Waals surface area contributed by atoms with Crippen molar-refractivity contribution in [3.63, 3.8) is 0 Å². The number of nitrogens with one attached hydrogen (secondary N) is 1. The Balaban J connectivity index is 2.40. The lowest BCUT2D eigenvalue weighted by atomic mass is 9.92. The van der Waals surface area contributed by atoms with Crippen LogP contribution in [0.2, 0.25) is 0 Å². The van der Waals surface area contributed by atoms with E-state index < -0.39 is 42.0 Å². The maximum Gasteiger partial charge on any atom is 0.330 e. The first-order valence-electron chi connectivity index (χ1n) is 5.86. The van der Waals surface area contributed by atoms with Crippen molar-refractivity contribution < 1.29 is 19.3 Å². The van der Waals surface area contributed by atoms with Crippen LogP contribution < -0.4 is 11.2 Å². The molecule has 0 amide bonds. The summed E-state index contributed by atoms with van der Waals surface area (Å²) in [6.45, 7) is 0.837. The van der Waals surface area contributed by atoms with Crippen LogP contribution in [0.1, 0.15) is 26.0 Å². The minimum atomic E-state index is -2.75. The molecule has 3 atom stereocenters. The summed E-state index contributed by atoms with van der Waals surface area (Å²) in [5.74, 6) is -2.75. The average molecular weight is 274 g/mol. The highest BCUT2D eigenvalue weighted by atomic mass is 19.2. The van der Waals surface area contributed by atoms with Gasteiger partial charge in [0.15, 0.2) is 5.60 Å². The Morgan fingerprint density at radius 3 is 2.79 bits per heavy atom. The maximum atomic E-state index is 14.2. The summed E-state index contributed by atoms with van der Waals surface area (Å²) in [6, 6.07) is 1.09. The van der Waals surface area contributed by atoms with E-state index in [2.05, 4.69) is 0 Å². The van der Waals surface area contributed by atoms with Crippen LogP contribution in [0.3, 0.4) is 0 Å². The zero-order valence-corrected chi connectivity index (χ0v) is 10.3. The highest BCUT2D eigenvalue weighted by molar-refractivity contribution is 5.01. The van der Waals surface area contributed by atoms with E-state index in [-0.39, 0.29) is 6.42 Å². The van der Waals surface area contributed by atoms with Crippen LogP contribution in [-0.2, 0) is 4.74 Å². The Morgan fingerprint density at radius 2 is 2.32 bits per heavy atom. The molecular formula is C11H15FN2O5. The monoisotopic (exact) mass is 274 g/mol. The fourth-order valence-corrected chi connectivity index (χ4v) is 2.24. The van der Waals surface area contributed by atoms with Crippen molar-refractivity contribution in [2.24, 2.45) is 0 Å². The van der Waals surface area contributed by atoms with E-state index in [0.29, 0.717) is 0 Å². The second-order valence-corrected chi connectivity index (χ2v) is 4.56. The van der Waals surface area contributed by atoms with E-state index in [1.165, 1.54) is 0 Å². The third-order valence-corrected chi connectivity index (χ3v) is 3.49. The van der Waals surface area contributed by atoms with E-state index in [1.807, 2.05) is 4.98 Å². The quantitative estimate of drug-likeness (QED) is 0.673. The molecule has 2 rings (SSSR count). The van der Waals surface area contributed by atoms with Crippen LogP contribution in [-0.4, -0.2) is 37.8 Å². The minimum Gasteiger partial charge on any atom is -0.393 e. The summed E-state index contributed by atoms with van der Waals surface area (Å²) in [5.41, 5.74) is -3.12. The lowest BCUT2D eigenvalue weighted by Crippen LogP contribution is -2.50. The lowest BCUT2D eigenvalue weighted by Gasteiger charge is -2.32. The molecule has 1 aliphatic heterocycles. The van der Waals surface area contributed by atoms with Crippen molar-refractivity contribution in [2.75, 3.05) is 6.61 Å². The molecule has 1 aromatic heterocycles. The van der Waals surface area contributed by atoms with Gasteiger partial charge in [0, 0.05) is 12.3 Å². The fraction of sp³-hybridized carbons (Fsp3) is 0.636. The van der Waals surface area contributed by atoms with Crippen molar-refractivity contribution >= 4 is 0 Å². The molecule has 0 aromatic carbocycles. The Labute approximate surface area is 107 Å². The number of hydrogen-bond acceptors (Lipinski definition) is 5. The number of halogens is 1. The van der Waals surface area contributed by atoms with Gasteiger partial charge in [-0.2, -0.15) is 0 Å². The van der Waals surface area contributed by atoms with Crippen molar-refractivity contribution in [2.45, 2.75) is 37.4 Å². The number of alkyl halides is 1. The summed E-state index contributed by atoms with van der Waals surface area (Å²) in [5, 5.41) is 19.0. The lowest BCUT2D eigenvalue weighted by molar-refractivity contribution is -0.219. The smallest absolute Gasteiger partial charge is 0.330 e. The predicted molar refractivity (Wildman–Crippen MR) is 62.2 cm³/mol. The summed E-state index contributed by atoms with van der Waals surface area (Å²) in [6.07, 6.45) is -0.407. The van der Waals surface area contributed by atoms with Gasteiger partial charge in [0.25, 0.3) is 5.56 Å². The number of aliphatic hydroxyl groups is 2. The first kappa shape index (κ1) is 13.9. The molecule has 0 aliphatic carbocycles. The molecule has 8 heteroatoms. The van der Waals surface area contributed by atoms with E-state index >= 15 is 0 Å². The van der Waals surface area contributed by atoms with Gasteiger partial charge in [-0.1, -0.05) is 6.92 Å². The van der Waals surface area contributed by atoms with Crippen LogP contribution in [0.25, 0.3) is 0 Å². The molecule has 2 heterocycles. The summed E-state index contributed by atoms with van der Waals surface area (Å²) in [4.78, 5) is 24.5. The fourth-order valence-electron chi connectivity index (χ4n) is 2.24. The molecule has 1 aliphatic rings. The number of aliphatic hydroxyl groups excluding tert-OH is 1. The summed E-state index contributed by atoms with van der Waals surface area (Å²) < 4.78 is 20.5.